The van der Waals surface area contributed by atoms with Gasteiger partial charge in [-0.3, -0.25) is 0 Å². The van der Waals surface area contributed by atoms with Gasteiger partial charge in [-0.15, -0.1) is 11.6 Å². The van der Waals surface area contributed by atoms with Gasteiger partial charge >= 0.3 is 0 Å². The average molecular weight is 209 g/mol. The van der Waals surface area contributed by atoms with Crippen LogP contribution in [0.25, 0.3) is 0 Å². The molecule has 14 heavy (non-hydrogen) atoms. The minimum absolute atomic E-state index is 0.216. The molecule has 2 rings (SSSR count). The van der Waals surface area contributed by atoms with Crippen molar-refractivity contribution in [2.24, 2.45) is 11.8 Å². The summed E-state index contributed by atoms with van der Waals surface area (Å²) in [5, 5.41) is 0.216. The Bertz CT molecular complexity index is 281. The van der Waals surface area contributed by atoms with E-state index in [2.05, 4.69) is 31.2 Å². The van der Waals surface area contributed by atoms with Gasteiger partial charge in [-0.2, -0.15) is 0 Å². The van der Waals surface area contributed by atoms with E-state index >= 15 is 0 Å². The van der Waals surface area contributed by atoms with Crippen LogP contribution < -0.4 is 0 Å². The molecule has 1 aromatic rings. The van der Waals surface area contributed by atoms with Crippen molar-refractivity contribution in [2.45, 2.75) is 31.6 Å². The van der Waals surface area contributed by atoms with Crippen molar-refractivity contribution >= 4 is 11.6 Å². The molecule has 76 valence electrons. The molecule has 0 bridgehead atoms. The van der Waals surface area contributed by atoms with Crippen LogP contribution >= 0.6 is 11.6 Å². The second kappa shape index (κ2) is 4.35. The molecule has 0 aromatic heterocycles. The topological polar surface area (TPSA) is 0 Å². The van der Waals surface area contributed by atoms with Crippen molar-refractivity contribution in [3.63, 3.8) is 0 Å². The number of benzene rings is 1. The maximum Gasteiger partial charge on any atom is 0.0615 e. The van der Waals surface area contributed by atoms with Crippen LogP contribution in [-0.4, -0.2) is 0 Å². The third-order valence-electron chi connectivity index (χ3n) is 3.42. The molecule has 1 heteroatoms. The van der Waals surface area contributed by atoms with E-state index in [1.54, 1.807) is 0 Å². The van der Waals surface area contributed by atoms with Crippen LogP contribution in [0.5, 0.6) is 0 Å². The van der Waals surface area contributed by atoms with E-state index in [0.717, 1.165) is 5.92 Å². The van der Waals surface area contributed by atoms with E-state index in [1.165, 1.54) is 24.8 Å². The third-order valence-corrected chi connectivity index (χ3v) is 4.00. The minimum atomic E-state index is 0.216. The van der Waals surface area contributed by atoms with Crippen molar-refractivity contribution in [1.29, 1.82) is 0 Å². The van der Waals surface area contributed by atoms with E-state index in [9.17, 15) is 0 Å². The SMILES string of the molecule is CC1CCCC1C(Cl)c1ccccc1. The first-order chi connectivity index (χ1) is 6.79. The molecule has 0 nitrogen and oxygen atoms in total. The van der Waals surface area contributed by atoms with Crippen LogP contribution in [0, 0.1) is 11.8 Å². The fourth-order valence-corrected chi connectivity index (χ4v) is 3.01. The summed E-state index contributed by atoms with van der Waals surface area (Å²) in [6.45, 7) is 2.33. The lowest BCUT2D eigenvalue weighted by Crippen LogP contribution is -2.10. The van der Waals surface area contributed by atoms with Crippen LogP contribution in [0.3, 0.4) is 0 Å². The summed E-state index contributed by atoms with van der Waals surface area (Å²) in [6.07, 6.45) is 3.99. The molecule has 1 aliphatic rings. The first kappa shape index (κ1) is 10.0. The normalized spacial score (nSPS) is 29.0. The van der Waals surface area contributed by atoms with E-state index in [1.807, 2.05) is 6.07 Å². The highest BCUT2D eigenvalue weighted by Crippen LogP contribution is 2.43. The minimum Gasteiger partial charge on any atom is -0.118 e. The maximum absolute atomic E-state index is 6.51. The summed E-state index contributed by atoms with van der Waals surface area (Å²) in [6, 6.07) is 10.5. The van der Waals surface area contributed by atoms with E-state index in [0.29, 0.717) is 5.92 Å². The highest BCUT2D eigenvalue weighted by molar-refractivity contribution is 6.21. The van der Waals surface area contributed by atoms with Crippen molar-refractivity contribution in [3.05, 3.63) is 35.9 Å². The average Bonchev–Trinajstić information content (AvgIpc) is 2.65. The summed E-state index contributed by atoms with van der Waals surface area (Å²) in [5.74, 6) is 1.47. The second-order valence-corrected chi connectivity index (χ2v) is 4.85. The molecule has 0 saturated heterocycles. The van der Waals surface area contributed by atoms with Gasteiger partial charge in [0.05, 0.1) is 5.38 Å². The van der Waals surface area contributed by atoms with Gasteiger partial charge in [-0.25, -0.2) is 0 Å². The molecule has 0 aliphatic heterocycles. The van der Waals surface area contributed by atoms with Gasteiger partial charge in [0.2, 0.25) is 0 Å². The molecule has 3 atom stereocenters. The Hall–Kier alpha value is -0.490. The molecule has 0 heterocycles. The summed E-state index contributed by atoms with van der Waals surface area (Å²) < 4.78 is 0. The highest BCUT2D eigenvalue weighted by Gasteiger charge is 2.30. The summed E-state index contributed by atoms with van der Waals surface area (Å²) in [4.78, 5) is 0. The first-order valence-corrected chi connectivity index (χ1v) is 5.91. The van der Waals surface area contributed by atoms with Gasteiger partial charge in [0.15, 0.2) is 0 Å². The zero-order valence-electron chi connectivity index (χ0n) is 8.62. The number of rotatable bonds is 2. The summed E-state index contributed by atoms with van der Waals surface area (Å²) >= 11 is 6.51. The number of hydrogen-bond acceptors (Lipinski definition) is 0. The smallest absolute Gasteiger partial charge is 0.0615 e. The largest absolute Gasteiger partial charge is 0.118 e. The summed E-state index contributed by atoms with van der Waals surface area (Å²) in [7, 11) is 0. The Balaban J connectivity index is 2.12. The standard InChI is InChI=1S/C13H17Cl/c1-10-6-5-9-12(10)13(14)11-7-3-2-4-8-11/h2-4,7-8,10,12-13H,5-6,9H2,1H3. The van der Waals surface area contributed by atoms with Gasteiger partial charge in [-0.1, -0.05) is 50.1 Å². The molecule has 0 N–H and O–H groups in total. The predicted octanol–water partition coefficient (Wildman–Crippen LogP) is 4.40. The third kappa shape index (κ3) is 1.95. The van der Waals surface area contributed by atoms with E-state index < -0.39 is 0 Å². The number of hydrogen-bond donors (Lipinski definition) is 0. The van der Waals surface area contributed by atoms with Crippen molar-refractivity contribution in [2.75, 3.05) is 0 Å². The van der Waals surface area contributed by atoms with Crippen LogP contribution in [0.1, 0.15) is 37.1 Å². The molecule has 1 fully saturated rings. The van der Waals surface area contributed by atoms with Crippen LogP contribution in [0.2, 0.25) is 0 Å². The van der Waals surface area contributed by atoms with E-state index in [4.69, 9.17) is 11.6 Å². The monoisotopic (exact) mass is 208 g/mol. The Morgan fingerprint density at radius 2 is 1.93 bits per heavy atom. The zero-order chi connectivity index (χ0) is 9.97. The van der Waals surface area contributed by atoms with Gasteiger partial charge < -0.3 is 0 Å². The maximum atomic E-state index is 6.51. The summed E-state index contributed by atoms with van der Waals surface area (Å²) in [5.41, 5.74) is 1.29. The first-order valence-electron chi connectivity index (χ1n) is 5.48. The number of halogens is 1. The van der Waals surface area contributed by atoms with Crippen LogP contribution in [0.15, 0.2) is 30.3 Å². The molecule has 0 amide bonds. The Morgan fingerprint density at radius 1 is 1.21 bits per heavy atom. The van der Waals surface area contributed by atoms with Gasteiger partial charge in [0.25, 0.3) is 0 Å². The molecule has 1 aliphatic carbocycles. The van der Waals surface area contributed by atoms with Gasteiger partial charge in [0, 0.05) is 0 Å². The molecular weight excluding hydrogens is 192 g/mol. The zero-order valence-corrected chi connectivity index (χ0v) is 9.37. The Morgan fingerprint density at radius 3 is 2.50 bits per heavy atom. The highest BCUT2D eigenvalue weighted by atomic mass is 35.5. The molecular formula is C13H17Cl. The molecule has 1 aromatic carbocycles. The predicted molar refractivity (Wildman–Crippen MR) is 61.5 cm³/mol. The van der Waals surface area contributed by atoms with Crippen molar-refractivity contribution in [3.8, 4) is 0 Å². The van der Waals surface area contributed by atoms with Gasteiger partial charge in [0.1, 0.15) is 0 Å². The lowest BCUT2D eigenvalue weighted by molar-refractivity contribution is 0.406. The second-order valence-electron chi connectivity index (χ2n) is 4.38. The fourth-order valence-electron chi connectivity index (χ4n) is 2.49. The Labute approximate surface area is 91.3 Å². The van der Waals surface area contributed by atoms with Crippen molar-refractivity contribution in [1.82, 2.24) is 0 Å². The Kier molecular flexibility index (Phi) is 3.12. The molecule has 0 spiro atoms. The fraction of sp³-hybridized carbons (Fsp3) is 0.538. The van der Waals surface area contributed by atoms with Gasteiger partial charge in [-0.05, 0) is 23.8 Å². The molecule has 1 saturated carbocycles. The quantitative estimate of drug-likeness (QED) is 0.632. The van der Waals surface area contributed by atoms with Crippen LogP contribution in [0.4, 0.5) is 0 Å². The molecule has 3 unspecified atom stereocenters. The molecule has 0 radical (unpaired) electrons. The lowest BCUT2D eigenvalue weighted by Gasteiger charge is -2.21. The number of alkyl halides is 1. The van der Waals surface area contributed by atoms with Crippen LogP contribution in [-0.2, 0) is 0 Å². The van der Waals surface area contributed by atoms with Crippen molar-refractivity contribution < 1.29 is 0 Å². The lowest BCUT2D eigenvalue weighted by atomic mass is 9.90. The van der Waals surface area contributed by atoms with E-state index in [-0.39, 0.29) is 5.38 Å².